The number of rotatable bonds is 24. The van der Waals surface area contributed by atoms with E-state index in [4.69, 9.17) is 0 Å². The minimum absolute atomic E-state index is 0.0341. The molecule has 18 nitrogen and oxygen atoms in total. The quantitative estimate of drug-likeness (QED) is 0.0416. The molecule has 8 atom stereocenters. The van der Waals surface area contributed by atoms with Crippen molar-refractivity contribution in [3.05, 3.63) is 130 Å². The van der Waals surface area contributed by atoms with E-state index in [2.05, 4.69) is 66.8 Å². The molecule has 0 spiro atoms. The van der Waals surface area contributed by atoms with Gasteiger partial charge >= 0.3 is 0 Å². The monoisotopic (exact) mass is 1110 g/mol. The van der Waals surface area contributed by atoms with Crippen LogP contribution in [0.5, 0.6) is 0 Å². The number of carbonyl (C=O) groups is 8. The van der Waals surface area contributed by atoms with Crippen LogP contribution in [0.2, 0.25) is 0 Å². The highest BCUT2D eigenvalue weighted by atomic mass is 16.2. The van der Waals surface area contributed by atoms with Crippen LogP contribution in [-0.4, -0.2) is 120 Å². The Morgan fingerprint density at radius 2 is 0.963 bits per heavy atom. The first-order valence-corrected chi connectivity index (χ1v) is 29.3. The Morgan fingerprint density at radius 3 is 1.43 bits per heavy atom. The number of nitrogens with zero attached hydrogens (tertiary/aromatic N) is 2. The van der Waals surface area contributed by atoms with Crippen LogP contribution in [0.1, 0.15) is 143 Å². The molecule has 2 fully saturated rings. The third-order valence-corrected chi connectivity index (χ3v) is 16.6. The Hall–Kier alpha value is -7.44. The second-order valence-corrected chi connectivity index (χ2v) is 22.3. The largest absolute Gasteiger partial charge is 0.347 e. The molecule has 432 valence electrons. The summed E-state index contributed by atoms with van der Waals surface area (Å²) in [6.07, 6.45) is 9.72. The van der Waals surface area contributed by atoms with Gasteiger partial charge in [0, 0.05) is 37.3 Å². The summed E-state index contributed by atoms with van der Waals surface area (Å²) in [6, 6.07) is 26.7. The number of fused-ring (bicyclic) bond motifs is 2. The first kappa shape index (κ1) is 59.7. The van der Waals surface area contributed by atoms with Crippen molar-refractivity contribution in [1.29, 1.82) is 0 Å². The Morgan fingerprint density at radius 1 is 0.519 bits per heavy atom. The highest BCUT2D eigenvalue weighted by Gasteiger charge is 2.41. The molecule has 0 bridgehead atoms. The number of aryl methyl sites for hydroxylation is 4. The molecule has 2 unspecified atom stereocenters. The molecule has 2 aliphatic carbocycles. The fraction of sp³-hybridized carbons (Fsp3) is 0.492. The molecule has 8 amide bonds. The smallest absolute Gasteiger partial charge is 0.245 e. The van der Waals surface area contributed by atoms with Gasteiger partial charge in [-0.1, -0.05) is 72.8 Å². The fourth-order valence-electron chi connectivity index (χ4n) is 11.8. The zero-order chi connectivity index (χ0) is 57.4. The summed E-state index contributed by atoms with van der Waals surface area (Å²) in [5.41, 5.74) is 7.83. The summed E-state index contributed by atoms with van der Waals surface area (Å²) in [5, 5.41) is 24.0. The van der Waals surface area contributed by atoms with Gasteiger partial charge in [0.2, 0.25) is 47.3 Å². The molecule has 2 aliphatic heterocycles. The lowest BCUT2D eigenvalue weighted by Gasteiger charge is -2.32. The Kier molecular flexibility index (Phi) is 21.2. The number of hydrogen-bond acceptors (Lipinski definition) is 10. The van der Waals surface area contributed by atoms with Crippen LogP contribution in [0.15, 0.2) is 97.1 Å². The number of hydrogen-bond donors (Lipinski definition) is 8. The van der Waals surface area contributed by atoms with E-state index in [0.29, 0.717) is 69.4 Å². The molecule has 8 rings (SSSR count). The lowest BCUT2D eigenvalue weighted by atomic mass is 9.87. The van der Waals surface area contributed by atoms with E-state index in [-0.39, 0.29) is 85.0 Å². The second-order valence-electron chi connectivity index (χ2n) is 22.3. The minimum Gasteiger partial charge on any atom is -0.347 e. The summed E-state index contributed by atoms with van der Waals surface area (Å²) in [4.78, 5) is 113. The van der Waals surface area contributed by atoms with E-state index < -0.39 is 36.3 Å². The molecule has 0 aromatic heterocycles. The molecular formula is C63H82N10O8. The molecular weight excluding hydrogens is 1020 g/mol. The number of nitrogens with one attached hydrogen (secondary N) is 8. The second kappa shape index (κ2) is 28.8. The van der Waals surface area contributed by atoms with E-state index in [1.165, 1.54) is 11.1 Å². The maximum absolute atomic E-state index is 14.3. The molecule has 0 saturated carbocycles. The van der Waals surface area contributed by atoms with Crippen LogP contribution < -0.4 is 42.5 Å². The van der Waals surface area contributed by atoms with Gasteiger partial charge in [0.05, 0.1) is 24.2 Å². The van der Waals surface area contributed by atoms with Gasteiger partial charge in [-0.3, -0.25) is 38.4 Å². The Labute approximate surface area is 476 Å². The van der Waals surface area contributed by atoms with E-state index in [0.717, 1.165) is 60.8 Å². The van der Waals surface area contributed by atoms with Crippen LogP contribution in [-0.2, 0) is 64.0 Å². The zero-order valence-electron chi connectivity index (χ0n) is 47.5. The van der Waals surface area contributed by atoms with Crippen molar-refractivity contribution >= 4 is 58.6 Å². The Bertz CT molecular complexity index is 2900. The van der Waals surface area contributed by atoms with Crippen LogP contribution in [0.25, 0.3) is 0 Å². The predicted octanol–water partition coefficient (Wildman–Crippen LogP) is 5.85. The number of likely N-dealkylation sites (tertiary alicyclic amines) is 2. The average molecular weight is 1110 g/mol. The molecule has 4 aliphatic rings. The maximum atomic E-state index is 14.3. The number of anilines is 2. The molecule has 4 aromatic rings. The summed E-state index contributed by atoms with van der Waals surface area (Å²) in [7, 11) is 3.32. The molecule has 2 heterocycles. The highest BCUT2D eigenvalue weighted by molar-refractivity contribution is 5.96. The zero-order valence-corrected chi connectivity index (χ0v) is 47.5. The molecule has 18 heteroatoms. The number of likely N-dealkylation sites (N-methyl/N-ethyl adjacent to an activating group) is 2. The molecule has 2 saturated heterocycles. The summed E-state index contributed by atoms with van der Waals surface area (Å²) in [5.74, 6) is -2.41. The minimum atomic E-state index is -1.02. The van der Waals surface area contributed by atoms with Crippen molar-refractivity contribution in [2.45, 2.75) is 171 Å². The number of benzene rings is 4. The van der Waals surface area contributed by atoms with Gasteiger partial charge in [-0.2, -0.15) is 0 Å². The number of carbonyl (C=O) groups excluding carboxylic acids is 8. The molecule has 4 aromatic carbocycles. The van der Waals surface area contributed by atoms with Crippen LogP contribution in [0.4, 0.5) is 11.4 Å². The van der Waals surface area contributed by atoms with Crippen LogP contribution >= 0.6 is 0 Å². The maximum Gasteiger partial charge on any atom is 0.245 e. The number of amides is 8. The van der Waals surface area contributed by atoms with Crippen molar-refractivity contribution < 1.29 is 38.4 Å². The van der Waals surface area contributed by atoms with Crippen LogP contribution in [0.3, 0.4) is 0 Å². The third kappa shape index (κ3) is 15.9. The molecule has 81 heavy (non-hydrogen) atoms. The summed E-state index contributed by atoms with van der Waals surface area (Å²) < 4.78 is 0. The highest BCUT2D eigenvalue weighted by Crippen LogP contribution is 2.32. The van der Waals surface area contributed by atoms with E-state index >= 15 is 0 Å². The van der Waals surface area contributed by atoms with Gasteiger partial charge < -0.3 is 52.3 Å². The van der Waals surface area contributed by atoms with Gasteiger partial charge in [-0.05, 0) is 182 Å². The van der Waals surface area contributed by atoms with E-state index in [1.54, 1.807) is 43.8 Å². The van der Waals surface area contributed by atoms with Crippen molar-refractivity contribution in [3.63, 3.8) is 0 Å². The predicted molar refractivity (Wildman–Crippen MR) is 312 cm³/mol. The van der Waals surface area contributed by atoms with Crippen molar-refractivity contribution in [2.24, 2.45) is 0 Å². The van der Waals surface area contributed by atoms with Crippen molar-refractivity contribution in [1.82, 2.24) is 41.7 Å². The standard InChI is InChI=1S/C63H82N10O8/c1-40(64-3)58(76)70-52(62(80)72-36-14-29-54(72)60(78)68-50-26-11-20-44-18-5-7-24-48(44)50)28-13-31-56(74)66-46-22-9-16-42(38-46)32-33-43-17-10-23-47(39-43)67-57(75)35-34-53(71-59(77)41(2)65-4)63(81)73-37-15-30-55(73)61(79)69-51-27-12-21-45-19-6-8-25-49(45)51/h5-10,16-19,22-25,38-41,50-55,64-65H,11-15,20-21,26-37H2,1-4H3,(H,66,74)(H,67,75)(H,68,78)(H,69,79)(H,70,76)(H,71,77)/t40-,41-,50-,51-,52?,53?,54-,55-/m0/s1. The van der Waals surface area contributed by atoms with Gasteiger partial charge in [-0.25, -0.2) is 0 Å². The van der Waals surface area contributed by atoms with Gasteiger partial charge in [0.15, 0.2) is 0 Å². The Balaban J connectivity index is 0.812. The molecule has 0 radical (unpaired) electrons. The first-order valence-electron chi connectivity index (χ1n) is 29.3. The summed E-state index contributed by atoms with van der Waals surface area (Å²) in [6.45, 7) is 4.17. The topological polar surface area (TPSA) is 239 Å². The lowest BCUT2D eigenvalue weighted by molar-refractivity contribution is -0.142. The van der Waals surface area contributed by atoms with Gasteiger partial charge in [0.1, 0.15) is 24.2 Å². The average Bonchev–Trinajstić information content (AvgIpc) is 4.39. The third-order valence-electron chi connectivity index (χ3n) is 16.6. The van der Waals surface area contributed by atoms with Crippen molar-refractivity contribution in [3.8, 4) is 0 Å². The first-order chi connectivity index (χ1) is 39.2. The fourth-order valence-corrected chi connectivity index (χ4v) is 11.8. The van der Waals surface area contributed by atoms with Gasteiger partial charge in [-0.15, -0.1) is 0 Å². The summed E-state index contributed by atoms with van der Waals surface area (Å²) >= 11 is 0. The van der Waals surface area contributed by atoms with Crippen LogP contribution in [0, 0.1) is 0 Å². The lowest BCUT2D eigenvalue weighted by Crippen LogP contribution is -2.55. The van der Waals surface area contributed by atoms with Crippen molar-refractivity contribution in [2.75, 3.05) is 37.8 Å². The molecule has 8 N–H and O–H groups in total. The van der Waals surface area contributed by atoms with E-state index in [9.17, 15) is 38.4 Å². The normalized spacial score (nSPS) is 19.9. The SMILES string of the molecule is CN[C@@H](C)C(=O)NC(CCCC(=O)Nc1cccc(CCc2cccc(NC(=O)CCC(NC(=O)[C@H](C)NC)C(=O)N3CCC[C@H]3C(=O)N[C@H]3CCCc4ccccc43)c2)c1)C(=O)N1CCC[C@H]1C(=O)N[C@H]1CCCc2ccccc21. The van der Waals surface area contributed by atoms with E-state index in [1.807, 2.05) is 66.7 Å². The van der Waals surface area contributed by atoms with Gasteiger partial charge in [0.25, 0.3) is 0 Å².